The van der Waals surface area contributed by atoms with Gasteiger partial charge in [-0.1, -0.05) is 11.6 Å². The quantitative estimate of drug-likeness (QED) is 0.823. The predicted octanol–water partition coefficient (Wildman–Crippen LogP) is 2.14. The molecule has 1 aliphatic heterocycles. The number of nitrogen functional groups attached to an aromatic ring is 1. The first-order chi connectivity index (χ1) is 7.69. The molecule has 2 rings (SSSR count). The number of benzene rings is 1. The van der Waals surface area contributed by atoms with E-state index in [2.05, 4.69) is 4.90 Å². The van der Waals surface area contributed by atoms with E-state index in [9.17, 15) is 0 Å². The fourth-order valence-corrected chi connectivity index (χ4v) is 2.28. The van der Waals surface area contributed by atoms with Crippen LogP contribution in [0.4, 0.5) is 5.69 Å². The van der Waals surface area contributed by atoms with Crippen molar-refractivity contribution in [1.82, 2.24) is 4.90 Å². The Morgan fingerprint density at radius 2 is 2.38 bits per heavy atom. The summed E-state index contributed by atoms with van der Waals surface area (Å²) in [5.41, 5.74) is 7.83. The molecule has 88 valence electrons. The maximum absolute atomic E-state index is 5.96. The summed E-state index contributed by atoms with van der Waals surface area (Å²) in [5.74, 6) is 0. The molecule has 1 fully saturated rings. The van der Waals surface area contributed by atoms with Crippen LogP contribution in [0.3, 0.4) is 0 Å². The predicted molar refractivity (Wildman–Crippen MR) is 66.6 cm³/mol. The van der Waals surface area contributed by atoms with E-state index in [-0.39, 0.29) is 0 Å². The van der Waals surface area contributed by atoms with Gasteiger partial charge in [-0.3, -0.25) is 4.90 Å². The van der Waals surface area contributed by atoms with Crippen molar-refractivity contribution in [3.63, 3.8) is 0 Å². The van der Waals surface area contributed by atoms with Crippen LogP contribution in [0.25, 0.3) is 0 Å². The summed E-state index contributed by atoms with van der Waals surface area (Å²) in [6.45, 7) is 2.89. The highest BCUT2D eigenvalue weighted by molar-refractivity contribution is 6.30. The van der Waals surface area contributed by atoms with Crippen LogP contribution in [0.15, 0.2) is 18.2 Å². The molecule has 1 saturated heterocycles. The van der Waals surface area contributed by atoms with Crippen LogP contribution in [-0.4, -0.2) is 31.2 Å². The number of nitrogens with two attached hydrogens (primary N) is 1. The third-order valence-corrected chi connectivity index (χ3v) is 3.30. The van der Waals surface area contributed by atoms with Crippen LogP contribution in [0.5, 0.6) is 0 Å². The third-order valence-electron chi connectivity index (χ3n) is 3.06. The lowest BCUT2D eigenvalue weighted by molar-refractivity contribution is 0.107. The van der Waals surface area contributed by atoms with Crippen molar-refractivity contribution in [2.75, 3.05) is 25.9 Å². The molecule has 1 heterocycles. The Balaban J connectivity index is 2.01. The number of nitrogens with zero attached hydrogens (tertiary/aromatic N) is 1. The number of rotatable bonds is 3. The minimum atomic E-state index is 0.361. The van der Waals surface area contributed by atoms with E-state index in [1.165, 1.54) is 0 Å². The van der Waals surface area contributed by atoms with Crippen LogP contribution in [0, 0.1) is 0 Å². The van der Waals surface area contributed by atoms with E-state index < -0.39 is 0 Å². The number of hydrogen-bond donors (Lipinski definition) is 1. The summed E-state index contributed by atoms with van der Waals surface area (Å²) in [6.07, 6.45) is 1.46. The second kappa shape index (κ2) is 5.04. The van der Waals surface area contributed by atoms with Gasteiger partial charge in [-0.25, -0.2) is 0 Å². The highest BCUT2D eigenvalue weighted by Gasteiger charge is 2.22. The molecule has 16 heavy (non-hydrogen) atoms. The topological polar surface area (TPSA) is 38.5 Å². The van der Waals surface area contributed by atoms with Gasteiger partial charge < -0.3 is 10.5 Å². The van der Waals surface area contributed by atoms with E-state index in [1.54, 1.807) is 7.11 Å². The molecular formula is C12H17ClN2O. The smallest absolute Gasteiger partial charge is 0.0710 e. The standard InChI is InChI=1S/C12H17ClN2O/c1-16-11-4-5-15(8-11)7-9-6-10(13)2-3-12(9)14/h2-3,6,11H,4-5,7-8,14H2,1H3. The Labute approximate surface area is 101 Å². The Morgan fingerprint density at radius 1 is 1.56 bits per heavy atom. The largest absolute Gasteiger partial charge is 0.398 e. The monoisotopic (exact) mass is 240 g/mol. The Hall–Kier alpha value is -0.770. The summed E-state index contributed by atoms with van der Waals surface area (Å²) >= 11 is 5.96. The maximum atomic E-state index is 5.96. The first-order valence-electron chi connectivity index (χ1n) is 5.48. The molecule has 0 aliphatic carbocycles. The van der Waals surface area contributed by atoms with Crippen LogP contribution in [-0.2, 0) is 11.3 Å². The van der Waals surface area contributed by atoms with Gasteiger partial charge in [-0.15, -0.1) is 0 Å². The van der Waals surface area contributed by atoms with Crippen molar-refractivity contribution < 1.29 is 4.74 Å². The molecule has 0 bridgehead atoms. The zero-order chi connectivity index (χ0) is 11.5. The Bertz CT molecular complexity index is 370. The molecule has 2 N–H and O–H groups in total. The molecule has 1 aromatic rings. The molecule has 0 radical (unpaired) electrons. The lowest BCUT2D eigenvalue weighted by Gasteiger charge is -2.17. The number of halogens is 1. The molecule has 0 aromatic heterocycles. The maximum Gasteiger partial charge on any atom is 0.0710 e. The van der Waals surface area contributed by atoms with Gasteiger partial charge in [-0.05, 0) is 30.2 Å². The fraction of sp³-hybridized carbons (Fsp3) is 0.500. The first kappa shape index (κ1) is 11.7. The Morgan fingerprint density at radius 3 is 3.06 bits per heavy atom. The normalized spacial score (nSPS) is 21.5. The average Bonchev–Trinajstić information content (AvgIpc) is 2.71. The highest BCUT2D eigenvalue weighted by atomic mass is 35.5. The van der Waals surface area contributed by atoms with Gasteiger partial charge >= 0.3 is 0 Å². The molecule has 1 atom stereocenters. The lowest BCUT2D eigenvalue weighted by atomic mass is 10.1. The van der Waals surface area contributed by atoms with Crippen molar-refractivity contribution in [2.24, 2.45) is 0 Å². The van der Waals surface area contributed by atoms with E-state index in [0.717, 1.165) is 42.3 Å². The minimum Gasteiger partial charge on any atom is -0.398 e. The van der Waals surface area contributed by atoms with Gasteiger partial charge in [0.25, 0.3) is 0 Å². The van der Waals surface area contributed by atoms with Gasteiger partial charge in [-0.2, -0.15) is 0 Å². The average molecular weight is 241 g/mol. The van der Waals surface area contributed by atoms with Crippen molar-refractivity contribution in [2.45, 2.75) is 19.1 Å². The summed E-state index contributed by atoms with van der Waals surface area (Å²) in [4.78, 5) is 2.34. The van der Waals surface area contributed by atoms with E-state index >= 15 is 0 Å². The molecule has 0 spiro atoms. The lowest BCUT2D eigenvalue weighted by Crippen LogP contribution is -2.22. The van der Waals surface area contributed by atoms with Crippen molar-refractivity contribution in [1.29, 1.82) is 0 Å². The first-order valence-corrected chi connectivity index (χ1v) is 5.86. The van der Waals surface area contributed by atoms with Crippen molar-refractivity contribution in [3.8, 4) is 0 Å². The number of likely N-dealkylation sites (tertiary alicyclic amines) is 1. The molecule has 1 aliphatic rings. The molecule has 1 unspecified atom stereocenters. The highest BCUT2D eigenvalue weighted by Crippen LogP contribution is 2.22. The SMILES string of the molecule is COC1CCN(Cc2cc(Cl)ccc2N)C1. The second-order valence-corrected chi connectivity index (χ2v) is 4.66. The van der Waals surface area contributed by atoms with Gasteiger partial charge in [0.2, 0.25) is 0 Å². The molecule has 0 saturated carbocycles. The van der Waals surface area contributed by atoms with Gasteiger partial charge in [0, 0.05) is 37.5 Å². The van der Waals surface area contributed by atoms with Crippen molar-refractivity contribution in [3.05, 3.63) is 28.8 Å². The second-order valence-electron chi connectivity index (χ2n) is 4.22. The molecule has 1 aromatic carbocycles. The summed E-state index contributed by atoms with van der Waals surface area (Å²) in [7, 11) is 1.77. The van der Waals surface area contributed by atoms with Crippen LogP contribution in [0.2, 0.25) is 5.02 Å². The number of anilines is 1. The fourth-order valence-electron chi connectivity index (χ4n) is 2.09. The zero-order valence-electron chi connectivity index (χ0n) is 9.45. The van der Waals surface area contributed by atoms with Crippen LogP contribution >= 0.6 is 11.6 Å². The number of ether oxygens (including phenoxy) is 1. The van der Waals surface area contributed by atoms with Gasteiger partial charge in [0.15, 0.2) is 0 Å². The van der Waals surface area contributed by atoms with E-state index in [1.807, 2.05) is 18.2 Å². The molecular weight excluding hydrogens is 224 g/mol. The number of hydrogen-bond acceptors (Lipinski definition) is 3. The van der Waals surface area contributed by atoms with Crippen LogP contribution in [0.1, 0.15) is 12.0 Å². The van der Waals surface area contributed by atoms with Crippen molar-refractivity contribution >= 4 is 17.3 Å². The van der Waals surface area contributed by atoms with Gasteiger partial charge in [0.1, 0.15) is 0 Å². The molecule has 3 nitrogen and oxygen atoms in total. The third kappa shape index (κ3) is 2.67. The van der Waals surface area contributed by atoms with Gasteiger partial charge in [0.05, 0.1) is 6.10 Å². The summed E-state index contributed by atoms with van der Waals surface area (Å²) < 4.78 is 5.33. The zero-order valence-corrected chi connectivity index (χ0v) is 10.2. The minimum absolute atomic E-state index is 0.361. The molecule has 0 amide bonds. The number of methoxy groups -OCH3 is 1. The summed E-state index contributed by atoms with van der Waals surface area (Å²) in [6, 6.07) is 5.63. The van der Waals surface area contributed by atoms with E-state index in [0.29, 0.717) is 6.10 Å². The summed E-state index contributed by atoms with van der Waals surface area (Å²) in [5, 5.41) is 0.742. The molecule has 4 heteroatoms. The Kier molecular flexibility index (Phi) is 3.69. The van der Waals surface area contributed by atoms with E-state index in [4.69, 9.17) is 22.1 Å². The van der Waals surface area contributed by atoms with Crippen LogP contribution < -0.4 is 5.73 Å².